The van der Waals surface area contributed by atoms with Gasteiger partial charge in [-0.05, 0) is 55.1 Å². The van der Waals surface area contributed by atoms with Crippen molar-refractivity contribution in [2.45, 2.75) is 31.0 Å². The third-order valence-corrected chi connectivity index (χ3v) is 6.94. The molecule has 3 heterocycles. The van der Waals surface area contributed by atoms with Crippen LogP contribution in [0.5, 0.6) is 0 Å². The van der Waals surface area contributed by atoms with Gasteiger partial charge in [-0.25, -0.2) is 9.78 Å². The quantitative estimate of drug-likeness (QED) is 0.404. The van der Waals surface area contributed by atoms with Crippen molar-refractivity contribution in [3.63, 3.8) is 0 Å². The summed E-state index contributed by atoms with van der Waals surface area (Å²) in [6.45, 7) is 2.64. The van der Waals surface area contributed by atoms with Crippen LogP contribution >= 0.6 is 12.4 Å². The largest absolute Gasteiger partial charge is 0.416 e. The van der Waals surface area contributed by atoms with E-state index < -0.39 is 28.9 Å². The lowest BCUT2D eigenvalue weighted by Gasteiger charge is -2.21. The molecule has 0 bridgehead atoms. The Morgan fingerprint density at radius 3 is 2.51 bits per heavy atom. The van der Waals surface area contributed by atoms with E-state index in [0.717, 1.165) is 37.2 Å². The first-order valence-corrected chi connectivity index (χ1v) is 11.0. The molecule has 1 saturated carbocycles. The molecular weight excluding hydrogens is 488 g/mol. The van der Waals surface area contributed by atoms with E-state index in [0.29, 0.717) is 25.4 Å². The van der Waals surface area contributed by atoms with Gasteiger partial charge in [0.25, 0.3) is 5.56 Å². The van der Waals surface area contributed by atoms with Crippen LogP contribution in [0.25, 0.3) is 11.1 Å². The normalized spacial score (nSPS) is 21.4. The number of fused-ring (bicyclic) bond motifs is 1. The smallest absolute Gasteiger partial charge is 0.302 e. The molecule has 0 unspecified atom stereocenters. The van der Waals surface area contributed by atoms with Crippen molar-refractivity contribution in [3.8, 4) is 11.1 Å². The number of halogens is 5. The molecule has 35 heavy (non-hydrogen) atoms. The number of piperidine rings is 1. The summed E-state index contributed by atoms with van der Waals surface area (Å²) in [7, 11) is 0. The number of nitrogens with zero attached hydrogens (tertiary/aromatic N) is 3. The minimum atomic E-state index is -4.34. The predicted molar refractivity (Wildman–Crippen MR) is 124 cm³/mol. The monoisotopic (exact) mass is 510 g/mol. The van der Waals surface area contributed by atoms with Crippen molar-refractivity contribution in [1.82, 2.24) is 19.4 Å². The number of alkyl halides is 3. The average molecular weight is 511 g/mol. The molecule has 3 aromatic rings. The maximum atomic E-state index is 14.0. The molecule has 2 fully saturated rings. The van der Waals surface area contributed by atoms with Crippen molar-refractivity contribution in [2.75, 3.05) is 19.6 Å². The van der Waals surface area contributed by atoms with Crippen LogP contribution in [0.1, 0.15) is 24.0 Å². The number of nitrogens with one attached hydrogen (secondary N) is 1. The summed E-state index contributed by atoms with van der Waals surface area (Å²) in [4.78, 5) is 32.5. The lowest BCUT2D eigenvalue weighted by atomic mass is 9.94. The molecule has 0 radical (unpaired) electrons. The third kappa shape index (κ3) is 4.77. The zero-order valence-corrected chi connectivity index (χ0v) is 19.3. The second kappa shape index (κ2) is 9.23. The number of aromatic amines is 1. The van der Waals surface area contributed by atoms with Gasteiger partial charge in [-0.15, -0.1) is 12.4 Å². The highest BCUT2D eigenvalue weighted by Gasteiger charge is 2.60. The van der Waals surface area contributed by atoms with Crippen molar-refractivity contribution < 1.29 is 17.6 Å². The van der Waals surface area contributed by atoms with Crippen molar-refractivity contribution in [2.24, 2.45) is 5.92 Å². The van der Waals surface area contributed by atoms with Gasteiger partial charge in [0.1, 0.15) is 0 Å². The minimum Gasteiger partial charge on any atom is -0.302 e. The summed E-state index contributed by atoms with van der Waals surface area (Å²) >= 11 is 0. The predicted octanol–water partition coefficient (Wildman–Crippen LogP) is 3.84. The Labute approximate surface area is 204 Å². The second-order valence-corrected chi connectivity index (χ2v) is 9.06. The number of H-pyrrole nitrogens is 1. The third-order valence-electron chi connectivity index (χ3n) is 6.94. The first kappa shape index (κ1) is 25.1. The SMILES string of the molecule is Cl.O=c1[nH]c(=O)n(CCCN2C[C@@H]3C[C@]3(c3ccc(C(F)(F)F)cc3)C2)cc1-c1cccnc1F. The molecule has 1 saturated heterocycles. The number of pyridine rings is 1. The fraction of sp³-hybridized carbons (Fsp3) is 0.375. The zero-order valence-electron chi connectivity index (χ0n) is 18.5. The molecule has 5 rings (SSSR count). The van der Waals surface area contributed by atoms with Crippen molar-refractivity contribution >= 4 is 12.4 Å². The molecule has 6 nitrogen and oxygen atoms in total. The van der Waals surface area contributed by atoms with Crippen LogP contribution in [0, 0.1) is 11.9 Å². The standard InChI is InChI=1S/C24H22F4N4O2.ClH/c25-20-18(3-1-8-29-20)19-13-32(22(34)30-21(19)33)10-2-9-31-12-17-11-23(17,14-31)15-4-6-16(7-5-15)24(26,27)28;/h1,3-8,13,17H,2,9-12,14H2,(H,30,33,34);1H/t17-,23+;/m0./s1. The van der Waals surface area contributed by atoms with E-state index in [1.54, 1.807) is 12.1 Å². The summed E-state index contributed by atoms with van der Waals surface area (Å²) in [6.07, 6.45) is -0.123. The van der Waals surface area contributed by atoms with Gasteiger partial charge in [-0.2, -0.15) is 17.6 Å². The lowest BCUT2D eigenvalue weighted by molar-refractivity contribution is -0.137. The highest BCUT2D eigenvalue weighted by molar-refractivity contribution is 5.85. The fourth-order valence-corrected chi connectivity index (χ4v) is 5.11. The summed E-state index contributed by atoms with van der Waals surface area (Å²) in [5.74, 6) is -0.372. The molecule has 2 aliphatic rings. The van der Waals surface area contributed by atoms with Gasteiger partial charge in [0.05, 0.1) is 11.1 Å². The van der Waals surface area contributed by atoms with E-state index in [9.17, 15) is 27.2 Å². The van der Waals surface area contributed by atoms with E-state index in [-0.39, 0.29) is 28.9 Å². The molecule has 186 valence electrons. The van der Waals surface area contributed by atoms with Gasteiger partial charge in [-0.3, -0.25) is 14.3 Å². The van der Waals surface area contributed by atoms with E-state index in [4.69, 9.17) is 0 Å². The number of aryl methyl sites for hydroxylation is 1. The zero-order chi connectivity index (χ0) is 24.1. The van der Waals surface area contributed by atoms with E-state index >= 15 is 0 Å². The van der Waals surface area contributed by atoms with Crippen LogP contribution in [0.4, 0.5) is 17.6 Å². The highest BCUT2D eigenvalue weighted by Crippen LogP contribution is 2.59. The molecule has 11 heteroatoms. The van der Waals surface area contributed by atoms with E-state index in [2.05, 4.69) is 14.9 Å². The number of likely N-dealkylation sites (tertiary alicyclic amines) is 1. The Bertz CT molecular complexity index is 1340. The number of benzene rings is 1. The van der Waals surface area contributed by atoms with Gasteiger partial charge in [0.15, 0.2) is 0 Å². The number of rotatable bonds is 6. The van der Waals surface area contributed by atoms with Crippen LogP contribution in [0.2, 0.25) is 0 Å². The Kier molecular flexibility index (Phi) is 6.63. The first-order valence-electron chi connectivity index (χ1n) is 11.0. The Morgan fingerprint density at radius 1 is 1.09 bits per heavy atom. The Hall–Kier alpha value is -2.98. The van der Waals surface area contributed by atoms with Crippen LogP contribution in [-0.4, -0.2) is 39.1 Å². The van der Waals surface area contributed by atoms with Gasteiger partial charge in [0.2, 0.25) is 5.95 Å². The average Bonchev–Trinajstić information content (AvgIpc) is 3.37. The maximum Gasteiger partial charge on any atom is 0.416 e. The molecule has 0 spiro atoms. The molecule has 0 amide bonds. The first-order chi connectivity index (χ1) is 16.2. The molecule has 1 aromatic carbocycles. The number of hydrogen-bond acceptors (Lipinski definition) is 4. The summed E-state index contributed by atoms with van der Waals surface area (Å²) < 4.78 is 54.0. The number of aromatic nitrogens is 3. The van der Waals surface area contributed by atoms with Gasteiger partial charge >= 0.3 is 11.9 Å². The van der Waals surface area contributed by atoms with Crippen molar-refractivity contribution in [3.05, 3.63) is 86.7 Å². The van der Waals surface area contributed by atoms with Crippen LogP contribution in [-0.2, 0) is 18.1 Å². The van der Waals surface area contributed by atoms with Crippen LogP contribution < -0.4 is 11.2 Å². The molecule has 1 N–H and O–H groups in total. The molecule has 2 atom stereocenters. The molecule has 1 aliphatic carbocycles. The second-order valence-electron chi connectivity index (χ2n) is 9.06. The summed E-state index contributed by atoms with van der Waals surface area (Å²) in [6, 6.07) is 8.41. The number of hydrogen-bond donors (Lipinski definition) is 1. The summed E-state index contributed by atoms with van der Waals surface area (Å²) in [5, 5.41) is 0. The fourth-order valence-electron chi connectivity index (χ4n) is 5.11. The van der Waals surface area contributed by atoms with Gasteiger partial charge < -0.3 is 4.90 Å². The minimum absolute atomic E-state index is 0. The van der Waals surface area contributed by atoms with E-state index in [1.807, 2.05) is 0 Å². The molecule has 1 aliphatic heterocycles. The molecular formula is C24H23ClF4N4O2. The molecule has 2 aromatic heterocycles. The topological polar surface area (TPSA) is 71.0 Å². The van der Waals surface area contributed by atoms with E-state index in [1.165, 1.54) is 29.1 Å². The van der Waals surface area contributed by atoms with Crippen molar-refractivity contribution in [1.29, 1.82) is 0 Å². The Morgan fingerprint density at radius 2 is 1.83 bits per heavy atom. The Balaban J connectivity index is 0.00000289. The van der Waals surface area contributed by atoms with Gasteiger partial charge in [0, 0.05) is 43.0 Å². The van der Waals surface area contributed by atoms with Crippen LogP contribution in [0.15, 0.2) is 58.4 Å². The lowest BCUT2D eigenvalue weighted by Crippen LogP contribution is -2.32. The highest BCUT2D eigenvalue weighted by atomic mass is 35.5. The van der Waals surface area contributed by atoms with Crippen LogP contribution in [0.3, 0.4) is 0 Å². The summed E-state index contributed by atoms with van der Waals surface area (Å²) in [5.41, 5.74) is -0.979. The van der Waals surface area contributed by atoms with Gasteiger partial charge in [-0.1, -0.05) is 12.1 Å². The maximum absolute atomic E-state index is 14.0.